The molecule has 0 radical (unpaired) electrons. The molecule has 0 rings (SSSR count). The van der Waals surface area contributed by atoms with E-state index >= 15 is 0 Å². The molecular formula is C19H43N3O2S. The molecule has 0 bridgehead atoms. The third-order valence-electron chi connectivity index (χ3n) is 3.82. The summed E-state index contributed by atoms with van der Waals surface area (Å²) in [6.07, 6.45) is 5.70. The van der Waals surface area contributed by atoms with Crippen LogP contribution in [-0.2, 0) is 9.59 Å². The van der Waals surface area contributed by atoms with Gasteiger partial charge >= 0.3 is 0 Å². The van der Waals surface area contributed by atoms with Crippen molar-refractivity contribution < 1.29 is 11.0 Å². The summed E-state index contributed by atoms with van der Waals surface area (Å²) in [5, 5.41) is 2.97. The molecule has 1 atom stereocenters. The maximum Gasteiger partial charge on any atom is 0.237 e. The van der Waals surface area contributed by atoms with Crippen molar-refractivity contribution in [3.8, 4) is 0 Å². The minimum atomic E-state index is -0.350. The van der Waals surface area contributed by atoms with Gasteiger partial charge in [0.25, 0.3) is 0 Å². The Hall–Kier alpha value is -0.590. The van der Waals surface area contributed by atoms with Crippen molar-refractivity contribution in [3.63, 3.8) is 0 Å². The molecule has 0 aliphatic heterocycles. The largest absolute Gasteiger partial charge is 0.355 e. The molecule has 0 aliphatic carbocycles. The first-order chi connectivity index (χ1) is 11.9. The first kappa shape index (κ1) is 26.6. The van der Waals surface area contributed by atoms with E-state index in [-0.39, 0.29) is 25.6 Å². The van der Waals surface area contributed by atoms with Gasteiger partial charge in [-0.3, -0.25) is 14.5 Å². The van der Waals surface area contributed by atoms with Crippen LogP contribution in [0.3, 0.4) is 0 Å². The van der Waals surface area contributed by atoms with E-state index in [1.54, 1.807) is 6.92 Å². The van der Waals surface area contributed by atoms with Crippen LogP contribution in [-0.4, -0.2) is 74.1 Å². The van der Waals surface area contributed by atoms with Crippen molar-refractivity contribution in [1.29, 1.82) is 0 Å². The maximum atomic E-state index is 12.4. The fraction of sp³-hybridized carbons (Fsp3) is 0.895. The minimum absolute atomic E-state index is 0. The van der Waals surface area contributed by atoms with Crippen LogP contribution in [0.4, 0.5) is 0 Å². The van der Waals surface area contributed by atoms with Gasteiger partial charge in [-0.25, -0.2) is 0 Å². The molecule has 1 amide bonds. The number of hydrogen-bond acceptors (Lipinski definition) is 5. The maximum absolute atomic E-state index is 12.4. The fourth-order valence-corrected chi connectivity index (χ4v) is 2.65. The molecular weight excluding hydrogens is 334 g/mol. The Kier molecular flexibility index (Phi) is 19.4. The number of likely N-dealkylation sites (N-methyl/N-ethyl adjacent to an activating group) is 1. The van der Waals surface area contributed by atoms with E-state index in [1.165, 1.54) is 6.42 Å². The highest BCUT2D eigenvalue weighted by atomic mass is 32.1. The molecule has 0 aromatic heterocycles. The lowest BCUT2D eigenvalue weighted by Crippen LogP contribution is -2.47. The quantitative estimate of drug-likeness (QED) is 0.361. The number of rotatable bonds is 14. The number of nitrogens with one attached hydrogen (secondary N) is 1. The molecule has 0 saturated carbocycles. The number of carbonyl (C=O) groups excluding carboxylic acids is 2. The van der Waals surface area contributed by atoms with Crippen molar-refractivity contribution in [2.75, 3.05) is 46.5 Å². The fourth-order valence-electron chi connectivity index (χ4n) is 2.43. The smallest absolute Gasteiger partial charge is 0.237 e. The number of carbonyl (C=O) groups is 2. The zero-order chi connectivity index (χ0) is 19.7. The molecule has 5 nitrogen and oxygen atoms in total. The molecule has 0 fully saturated rings. The Morgan fingerprint density at radius 3 is 2.12 bits per heavy atom. The first-order valence-electron chi connectivity index (χ1n) is 9.61. The van der Waals surface area contributed by atoms with Gasteiger partial charge in [0.1, 0.15) is 5.78 Å². The molecule has 0 aliphatic rings. The van der Waals surface area contributed by atoms with Crippen molar-refractivity contribution in [3.05, 3.63) is 0 Å². The molecule has 0 aromatic carbocycles. The van der Waals surface area contributed by atoms with Gasteiger partial charge < -0.3 is 10.2 Å². The third-order valence-corrected chi connectivity index (χ3v) is 4.13. The Morgan fingerprint density at radius 1 is 1.00 bits per heavy atom. The molecule has 0 aromatic rings. The first-order valence-corrected chi connectivity index (χ1v) is 10.2. The lowest BCUT2D eigenvalue weighted by molar-refractivity contribution is -0.129. The Morgan fingerprint density at radius 2 is 1.60 bits per heavy atom. The van der Waals surface area contributed by atoms with Crippen molar-refractivity contribution >= 4 is 24.3 Å². The molecule has 1 N–H and O–H groups in total. The van der Waals surface area contributed by atoms with Gasteiger partial charge in [-0.1, -0.05) is 26.7 Å². The Bertz CT molecular complexity index is 345. The van der Waals surface area contributed by atoms with Gasteiger partial charge in [0.15, 0.2) is 0 Å². The van der Waals surface area contributed by atoms with Crippen LogP contribution in [0, 0.1) is 0 Å². The topological polar surface area (TPSA) is 52.7 Å². The summed E-state index contributed by atoms with van der Waals surface area (Å²) in [6.45, 7) is 7.99. The predicted molar refractivity (Wildman–Crippen MR) is 114 cm³/mol. The van der Waals surface area contributed by atoms with Crippen LogP contribution in [0.2, 0.25) is 0 Å². The predicted octanol–water partition coefficient (Wildman–Crippen LogP) is 3.10. The monoisotopic (exact) mass is 377 g/mol. The van der Waals surface area contributed by atoms with Crippen molar-refractivity contribution in [2.45, 2.75) is 65.3 Å². The van der Waals surface area contributed by atoms with Crippen LogP contribution in [0.1, 0.15) is 60.7 Å². The molecule has 152 valence electrons. The van der Waals surface area contributed by atoms with Crippen LogP contribution in [0.25, 0.3) is 0 Å². The number of Topliss-reactive ketones (excluding diaryl/α,β-unsaturated/α-hetero) is 1. The number of nitrogens with zero attached hydrogens (tertiary/aromatic N) is 2. The van der Waals surface area contributed by atoms with Gasteiger partial charge in [0.2, 0.25) is 5.91 Å². The van der Waals surface area contributed by atoms with Crippen LogP contribution in [0.15, 0.2) is 0 Å². The molecule has 0 spiro atoms. The second-order valence-electron chi connectivity index (χ2n) is 6.49. The molecule has 6 heteroatoms. The van der Waals surface area contributed by atoms with Gasteiger partial charge in [-0.15, -0.1) is 0 Å². The lowest BCUT2D eigenvalue weighted by atomic mass is 10.1. The number of thiol groups is 1. The molecule has 0 unspecified atom stereocenters. The van der Waals surface area contributed by atoms with Gasteiger partial charge in [0, 0.05) is 14.4 Å². The third kappa shape index (κ3) is 16.6. The summed E-state index contributed by atoms with van der Waals surface area (Å²) in [6, 6.07) is -0.350. The summed E-state index contributed by atoms with van der Waals surface area (Å²) in [7, 11) is 5.97. The summed E-state index contributed by atoms with van der Waals surface area (Å²) >= 11 is 4.21. The Labute approximate surface area is 162 Å². The van der Waals surface area contributed by atoms with E-state index in [9.17, 15) is 9.59 Å². The van der Waals surface area contributed by atoms with Crippen LogP contribution >= 0.6 is 12.6 Å². The van der Waals surface area contributed by atoms with Crippen LogP contribution < -0.4 is 5.32 Å². The summed E-state index contributed by atoms with van der Waals surface area (Å²) in [5.74, 6) is 0.954. The average Bonchev–Trinajstić information content (AvgIpc) is 2.57. The van der Waals surface area contributed by atoms with E-state index in [2.05, 4.69) is 22.8 Å². The second kappa shape index (κ2) is 18.2. The number of amides is 1. The van der Waals surface area contributed by atoms with E-state index in [0.717, 1.165) is 44.5 Å². The second-order valence-corrected chi connectivity index (χ2v) is 6.94. The summed E-state index contributed by atoms with van der Waals surface area (Å²) in [5.41, 5.74) is 0. The van der Waals surface area contributed by atoms with Crippen LogP contribution in [0.5, 0.6) is 0 Å². The Balaban J connectivity index is -0.00000170. The van der Waals surface area contributed by atoms with Gasteiger partial charge in [-0.2, -0.15) is 12.6 Å². The molecule has 0 heterocycles. The average molecular weight is 378 g/mol. The van der Waals surface area contributed by atoms with E-state index in [0.29, 0.717) is 6.54 Å². The highest BCUT2D eigenvalue weighted by Gasteiger charge is 2.24. The van der Waals surface area contributed by atoms with Crippen molar-refractivity contribution in [2.24, 2.45) is 0 Å². The highest BCUT2D eigenvalue weighted by Crippen LogP contribution is 2.08. The molecule has 0 saturated heterocycles. The SMILES string of the molecule is CC.CC(=O)C[C@H](C(=O)NCCCN(C)C)N(C)CCCCCCS.[HH]. The number of ketones is 1. The van der Waals surface area contributed by atoms with Crippen molar-refractivity contribution in [1.82, 2.24) is 15.1 Å². The minimum Gasteiger partial charge on any atom is -0.355 e. The highest BCUT2D eigenvalue weighted by molar-refractivity contribution is 7.80. The zero-order valence-corrected chi connectivity index (χ0v) is 18.2. The molecule has 25 heavy (non-hydrogen) atoms. The van der Waals surface area contributed by atoms with E-state index in [4.69, 9.17) is 0 Å². The normalized spacial score (nSPS) is 11.9. The summed E-state index contributed by atoms with van der Waals surface area (Å²) < 4.78 is 0. The van der Waals surface area contributed by atoms with Gasteiger partial charge in [-0.05, 0) is 66.2 Å². The zero-order valence-electron chi connectivity index (χ0n) is 17.3. The van der Waals surface area contributed by atoms with Gasteiger partial charge in [0.05, 0.1) is 6.04 Å². The number of hydrogen-bond donors (Lipinski definition) is 2. The van der Waals surface area contributed by atoms with E-state index in [1.807, 2.05) is 39.9 Å². The van der Waals surface area contributed by atoms with E-state index < -0.39 is 0 Å². The number of unbranched alkanes of at least 4 members (excludes halogenated alkanes) is 3. The summed E-state index contributed by atoms with van der Waals surface area (Å²) in [4.78, 5) is 28.0. The lowest BCUT2D eigenvalue weighted by Gasteiger charge is -2.26. The standard InChI is InChI=1S/C17H35N3O2S.C2H6.H2/c1-15(21)14-16(17(22)18-10-9-11-19(2)3)20(4)12-7-5-6-8-13-23;1-2;/h16,23H,5-14H2,1-4H3,(H,18,22);1-2H3;1H/t16-;;/m1../s1.